The molecule has 2 heterocycles. The van der Waals surface area contributed by atoms with Crippen molar-refractivity contribution in [2.75, 3.05) is 40.3 Å². The van der Waals surface area contributed by atoms with Crippen LogP contribution in [0, 0.1) is 5.92 Å². The Morgan fingerprint density at radius 2 is 2.21 bits per heavy atom. The number of hydrogen-bond donors (Lipinski definition) is 1. The summed E-state index contributed by atoms with van der Waals surface area (Å²) in [7, 11) is 5.70. The smallest absolute Gasteiger partial charge is 0.225 e. The van der Waals surface area contributed by atoms with Crippen molar-refractivity contribution in [3.63, 3.8) is 0 Å². The summed E-state index contributed by atoms with van der Waals surface area (Å²) in [5.74, 6) is 0.166. The number of nitrogens with zero attached hydrogens (tertiary/aromatic N) is 4. The molecular weight excluding hydrogens is 242 g/mol. The van der Waals surface area contributed by atoms with E-state index in [0.29, 0.717) is 0 Å². The van der Waals surface area contributed by atoms with Gasteiger partial charge in [0.25, 0.3) is 0 Å². The lowest BCUT2D eigenvalue weighted by Gasteiger charge is -2.22. The molecule has 0 bridgehead atoms. The van der Waals surface area contributed by atoms with Gasteiger partial charge in [-0.1, -0.05) is 0 Å². The number of carbonyl (C=O) groups is 1. The van der Waals surface area contributed by atoms with Crippen LogP contribution in [-0.2, 0) is 18.4 Å². The molecule has 0 unspecified atom stereocenters. The van der Waals surface area contributed by atoms with E-state index in [9.17, 15) is 4.79 Å². The lowest BCUT2D eigenvalue weighted by molar-refractivity contribution is -0.125. The van der Waals surface area contributed by atoms with Gasteiger partial charge in [-0.2, -0.15) is 5.10 Å². The first-order valence-corrected chi connectivity index (χ1v) is 6.68. The van der Waals surface area contributed by atoms with Gasteiger partial charge in [0.05, 0.1) is 12.1 Å². The molecule has 2 rings (SSSR count). The number of aryl methyl sites for hydroxylation is 1. The van der Waals surface area contributed by atoms with E-state index < -0.39 is 0 Å². The monoisotopic (exact) mass is 265 g/mol. The van der Waals surface area contributed by atoms with Crippen LogP contribution in [0.1, 0.15) is 5.56 Å². The highest BCUT2D eigenvalue weighted by Gasteiger charge is 2.25. The average Bonchev–Trinajstić information content (AvgIpc) is 2.69. The first-order valence-electron chi connectivity index (χ1n) is 6.68. The van der Waals surface area contributed by atoms with Crippen molar-refractivity contribution in [3.8, 4) is 0 Å². The van der Waals surface area contributed by atoms with Gasteiger partial charge in [0.1, 0.15) is 0 Å². The number of aromatic nitrogens is 2. The average molecular weight is 265 g/mol. The topological polar surface area (TPSA) is 53.4 Å². The van der Waals surface area contributed by atoms with Crippen molar-refractivity contribution in [1.29, 1.82) is 0 Å². The van der Waals surface area contributed by atoms with Gasteiger partial charge in [0, 0.05) is 58.6 Å². The first-order chi connectivity index (χ1) is 9.08. The molecule has 1 aromatic rings. The number of hydrogen-bond acceptors (Lipinski definition) is 4. The lowest BCUT2D eigenvalue weighted by Crippen LogP contribution is -2.39. The summed E-state index contributed by atoms with van der Waals surface area (Å²) in [5, 5.41) is 6.95. The predicted octanol–water partition coefficient (Wildman–Crippen LogP) is -0.470. The fourth-order valence-electron chi connectivity index (χ4n) is 2.57. The number of rotatable bonds is 3. The van der Waals surface area contributed by atoms with E-state index in [0.717, 1.165) is 32.7 Å². The van der Waals surface area contributed by atoms with Crippen LogP contribution in [0.4, 0.5) is 0 Å². The Labute approximate surface area is 114 Å². The van der Waals surface area contributed by atoms with Crippen molar-refractivity contribution in [3.05, 3.63) is 18.0 Å². The van der Waals surface area contributed by atoms with Gasteiger partial charge in [-0.05, 0) is 7.05 Å². The Balaban J connectivity index is 2.01. The molecule has 0 aromatic carbocycles. The van der Waals surface area contributed by atoms with Gasteiger partial charge in [-0.25, -0.2) is 0 Å². The van der Waals surface area contributed by atoms with Crippen LogP contribution in [-0.4, -0.2) is 65.8 Å². The minimum Gasteiger partial charge on any atom is -0.359 e. The number of nitrogens with one attached hydrogen (secondary N) is 1. The quantitative estimate of drug-likeness (QED) is 0.803. The summed E-state index contributed by atoms with van der Waals surface area (Å²) in [6, 6.07) is 0. The molecule has 1 atom stereocenters. The van der Waals surface area contributed by atoms with Gasteiger partial charge < -0.3 is 10.2 Å². The third kappa shape index (κ3) is 3.78. The summed E-state index contributed by atoms with van der Waals surface area (Å²) in [5.41, 5.74) is 1.20. The van der Waals surface area contributed by atoms with E-state index in [1.54, 1.807) is 7.05 Å². The summed E-state index contributed by atoms with van der Waals surface area (Å²) < 4.78 is 1.81. The standard InChI is InChI=1S/C13H23N5O/c1-14-13(19)12-9-16(2)4-5-18(10-12)8-11-6-15-17(3)7-11/h6-7,12H,4-5,8-10H2,1-3H3,(H,14,19)/t12-/m0/s1. The molecule has 0 radical (unpaired) electrons. The normalized spacial score (nSPS) is 22.2. The van der Waals surface area contributed by atoms with E-state index >= 15 is 0 Å². The van der Waals surface area contributed by atoms with Crippen molar-refractivity contribution in [1.82, 2.24) is 24.9 Å². The van der Waals surface area contributed by atoms with Crippen molar-refractivity contribution in [2.45, 2.75) is 6.54 Å². The molecule has 19 heavy (non-hydrogen) atoms. The molecule has 1 N–H and O–H groups in total. The molecule has 1 amide bonds. The lowest BCUT2D eigenvalue weighted by atomic mass is 10.1. The zero-order chi connectivity index (χ0) is 13.8. The maximum absolute atomic E-state index is 11.9. The molecule has 6 nitrogen and oxygen atoms in total. The summed E-state index contributed by atoms with van der Waals surface area (Å²) in [6.45, 7) is 4.46. The molecule has 1 aromatic heterocycles. The van der Waals surface area contributed by atoms with E-state index in [1.165, 1.54) is 5.56 Å². The third-order valence-electron chi connectivity index (χ3n) is 3.59. The van der Waals surface area contributed by atoms with Crippen LogP contribution >= 0.6 is 0 Å². The zero-order valence-corrected chi connectivity index (χ0v) is 12.0. The van der Waals surface area contributed by atoms with Gasteiger partial charge in [-0.3, -0.25) is 14.4 Å². The van der Waals surface area contributed by atoms with Crippen LogP contribution in [0.25, 0.3) is 0 Å². The number of amides is 1. The molecule has 1 aliphatic heterocycles. The molecule has 0 saturated carbocycles. The highest BCUT2D eigenvalue weighted by atomic mass is 16.1. The Morgan fingerprint density at radius 3 is 2.84 bits per heavy atom. The van der Waals surface area contributed by atoms with E-state index in [4.69, 9.17) is 0 Å². The second kappa shape index (κ2) is 6.16. The van der Waals surface area contributed by atoms with Crippen LogP contribution in [0.5, 0.6) is 0 Å². The maximum atomic E-state index is 11.9. The van der Waals surface area contributed by atoms with E-state index in [1.807, 2.05) is 24.1 Å². The number of carbonyl (C=O) groups excluding carboxylic acids is 1. The summed E-state index contributed by atoms with van der Waals surface area (Å²) in [6.07, 6.45) is 3.92. The molecule has 0 aliphatic carbocycles. The van der Waals surface area contributed by atoms with Crippen LogP contribution in [0.15, 0.2) is 12.4 Å². The molecule has 0 spiro atoms. The van der Waals surface area contributed by atoms with Crippen molar-refractivity contribution >= 4 is 5.91 Å². The molecule has 1 saturated heterocycles. The summed E-state index contributed by atoms with van der Waals surface area (Å²) in [4.78, 5) is 16.4. The van der Waals surface area contributed by atoms with Crippen molar-refractivity contribution < 1.29 is 4.79 Å². The maximum Gasteiger partial charge on any atom is 0.225 e. The van der Waals surface area contributed by atoms with Gasteiger partial charge in [-0.15, -0.1) is 0 Å². The largest absolute Gasteiger partial charge is 0.359 e. The molecule has 106 valence electrons. The molecular formula is C13H23N5O. The second-order valence-electron chi connectivity index (χ2n) is 5.33. The van der Waals surface area contributed by atoms with Crippen LogP contribution in [0.2, 0.25) is 0 Å². The van der Waals surface area contributed by atoms with E-state index in [-0.39, 0.29) is 11.8 Å². The fraction of sp³-hybridized carbons (Fsp3) is 0.692. The van der Waals surface area contributed by atoms with Crippen LogP contribution in [0.3, 0.4) is 0 Å². The Hall–Kier alpha value is -1.40. The first kappa shape index (κ1) is 14.0. The highest BCUT2D eigenvalue weighted by Crippen LogP contribution is 2.12. The second-order valence-corrected chi connectivity index (χ2v) is 5.33. The molecule has 1 aliphatic rings. The molecule has 1 fully saturated rings. The van der Waals surface area contributed by atoms with Crippen LogP contribution < -0.4 is 5.32 Å². The minimum atomic E-state index is 0.0363. The fourth-order valence-corrected chi connectivity index (χ4v) is 2.57. The predicted molar refractivity (Wildman–Crippen MR) is 73.5 cm³/mol. The Bertz CT molecular complexity index is 430. The SMILES string of the molecule is CNC(=O)[C@H]1CN(C)CCN(Cc2cnn(C)c2)C1. The van der Waals surface area contributed by atoms with E-state index in [2.05, 4.69) is 27.3 Å². The summed E-state index contributed by atoms with van der Waals surface area (Å²) >= 11 is 0. The third-order valence-corrected chi connectivity index (χ3v) is 3.59. The van der Waals surface area contributed by atoms with Gasteiger partial charge in [0.2, 0.25) is 5.91 Å². The minimum absolute atomic E-state index is 0.0363. The van der Waals surface area contributed by atoms with Gasteiger partial charge in [0.15, 0.2) is 0 Å². The Kier molecular flexibility index (Phi) is 4.55. The Morgan fingerprint density at radius 1 is 1.42 bits per heavy atom. The van der Waals surface area contributed by atoms with Crippen molar-refractivity contribution in [2.24, 2.45) is 13.0 Å². The number of likely N-dealkylation sites (N-methyl/N-ethyl adjacent to an activating group) is 1. The highest BCUT2D eigenvalue weighted by molar-refractivity contribution is 5.78. The zero-order valence-electron chi connectivity index (χ0n) is 12.0. The van der Waals surface area contributed by atoms with Gasteiger partial charge >= 0.3 is 0 Å². The molecule has 6 heteroatoms.